The van der Waals surface area contributed by atoms with Crippen molar-refractivity contribution in [2.75, 3.05) is 7.11 Å². The fourth-order valence-corrected chi connectivity index (χ4v) is 1.50. The molecule has 0 atom stereocenters. The Labute approximate surface area is 95.3 Å². The van der Waals surface area contributed by atoms with E-state index in [-0.39, 0.29) is 0 Å². The van der Waals surface area contributed by atoms with Crippen molar-refractivity contribution in [3.63, 3.8) is 0 Å². The average molecular weight is 273 g/mol. The van der Waals surface area contributed by atoms with Gasteiger partial charge in [-0.3, -0.25) is 4.79 Å². The number of halogens is 1. The molecule has 0 spiro atoms. The molecule has 0 bridgehead atoms. The second-order valence-electron chi connectivity index (χ2n) is 2.76. The standard InChI is InChI=1S/C10H9BrO4/c1-6(12)15-9-4-7(10(13)14-2)3-8(11)5-9/h3-5H,1-2H3. The second kappa shape index (κ2) is 4.93. The summed E-state index contributed by atoms with van der Waals surface area (Å²) in [7, 11) is 1.29. The zero-order valence-electron chi connectivity index (χ0n) is 8.24. The molecule has 0 heterocycles. The van der Waals surface area contributed by atoms with Gasteiger partial charge in [0.2, 0.25) is 0 Å². The average Bonchev–Trinajstić information content (AvgIpc) is 2.14. The fraction of sp³-hybridized carbons (Fsp3) is 0.200. The smallest absolute Gasteiger partial charge is 0.338 e. The lowest BCUT2D eigenvalue weighted by Gasteiger charge is -2.04. The molecule has 0 aliphatic rings. The molecule has 0 aliphatic heterocycles. The van der Waals surface area contributed by atoms with Crippen LogP contribution in [0.3, 0.4) is 0 Å². The molecule has 80 valence electrons. The minimum absolute atomic E-state index is 0.303. The highest BCUT2D eigenvalue weighted by molar-refractivity contribution is 9.10. The predicted molar refractivity (Wildman–Crippen MR) is 56.8 cm³/mol. The summed E-state index contributed by atoms with van der Waals surface area (Å²) in [5.41, 5.74) is 0.322. The molecule has 15 heavy (non-hydrogen) atoms. The Hall–Kier alpha value is -1.36. The van der Waals surface area contributed by atoms with Crippen LogP contribution in [0.5, 0.6) is 5.75 Å². The second-order valence-corrected chi connectivity index (χ2v) is 3.68. The van der Waals surface area contributed by atoms with Crippen LogP contribution in [0.15, 0.2) is 22.7 Å². The van der Waals surface area contributed by atoms with Crippen LogP contribution >= 0.6 is 15.9 Å². The Morgan fingerprint density at radius 2 is 1.93 bits per heavy atom. The highest BCUT2D eigenvalue weighted by Crippen LogP contribution is 2.22. The summed E-state index contributed by atoms with van der Waals surface area (Å²) >= 11 is 3.20. The number of hydrogen-bond acceptors (Lipinski definition) is 4. The van der Waals surface area contributed by atoms with E-state index in [9.17, 15) is 9.59 Å². The Morgan fingerprint density at radius 1 is 1.27 bits per heavy atom. The maximum atomic E-state index is 11.2. The molecule has 1 aromatic rings. The first-order chi connectivity index (χ1) is 7.02. The van der Waals surface area contributed by atoms with E-state index in [0.717, 1.165) is 0 Å². The van der Waals surface area contributed by atoms with Crippen LogP contribution in [0.1, 0.15) is 17.3 Å². The quantitative estimate of drug-likeness (QED) is 0.612. The van der Waals surface area contributed by atoms with Crippen molar-refractivity contribution >= 4 is 27.9 Å². The van der Waals surface area contributed by atoms with E-state index >= 15 is 0 Å². The van der Waals surface area contributed by atoms with E-state index in [1.165, 1.54) is 20.1 Å². The lowest BCUT2D eigenvalue weighted by Crippen LogP contribution is -2.05. The minimum atomic E-state index is -0.482. The van der Waals surface area contributed by atoms with E-state index in [2.05, 4.69) is 20.7 Å². The van der Waals surface area contributed by atoms with Crippen LogP contribution in [-0.2, 0) is 9.53 Å². The summed E-state index contributed by atoms with van der Waals surface area (Å²) < 4.78 is 10.0. The topological polar surface area (TPSA) is 52.6 Å². The number of ether oxygens (including phenoxy) is 2. The summed E-state index contributed by atoms with van der Waals surface area (Å²) in [5, 5.41) is 0. The summed E-state index contributed by atoms with van der Waals surface area (Å²) in [6.45, 7) is 1.29. The first-order valence-electron chi connectivity index (χ1n) is 4.10. The Balaban J connectivity index is 3.04. The molecule has 0 radical (unpaired) electrons. The lowest BCUT2D eigenvalue weighted by atomic mass is 10.2. The Kier molecular flexibility index (Phi) is 3.85. The number of methoxy groups -OCH3 is 1. The summed E-state index contributed by atoms with van der Waals surface area (Å²) in [6, 6.07) is 4.62. The minimum Gasteiger partial charge on any atom is -0.465 e. The van der Waals surface area contributed by atoms with Gasteiger partial charge in [-0.1, -0.05) is 15.9 Å². The number of rotatable bonds is 2. The zero-order chi connectivity index (χ0) is 11.4. The van der Waals surface area contributed by atoms with Crippen LogP contribution < -0.4 is 4.74 Å². The fourth-order valence-electron chi connectivity index (χ4n) is 1.02. The van der Waals surface area contributed by atoms with Crippen molar-refractivity contribution in [3.05, 3.63) is 28.2 Å². The molecule has 0 fully saturated rings. The van der Waals surface area contributed by atoms with Crippen molar-refractivity contribution < 1.29 is 19.1 Å². The van der Waals surface area contributed by atoms with Crippen molar-refractivity contribution in [2.24, 2.45) is 0 Å². The van der Waals surface area contributed by atoms with Gasteiger partial charge in [0, 0.05) is 11.4 Å². The highest BCUT2D eigenvalue weighted by atomic mass is 79.9. The van der Waals surface area contributed by atoms with Gasteiger partial charge in [-0.05, 0) is 18.2 Å². The molecule has 0 aliphatic carbocycles. The van der Waals surface area contributed by atoms with Crippen LogP contribution in [-0.4, -0.2) is 19.0 Å². The van der Waals surface area contributed by atoms with Gasteiger partial charge in [0.25, 0.3) is 0 Å². The maximum Gasteiger partial charge on any atom is 0.338 e. The van der Waals surface area contributed by atoms with E-state index < -0.39 is 11.9 Å². The van der Waals surface area contributed by atoms with E-state index in [0.29, 0.717) is 15.8 Å². The Bertz CT molecular complexity index is 400. The van der Waals surface area contributed by atoms with Gasteiger partial charge in [0.1, 0.15) is 5.75 Å². The number of hydrogen-bond donors (Lipinski definition) is 0. The van der Waals surface area contributed by atoms with Gasteiger partial charge < -0.3 is 9.47 Å². The van der Waals surface area contributed by atoms with Crippen molar-refractivity contribution in [1.82, 2.24) is 0 Å². The predicted octanol–water partition coefficient (Wildman–Crippen LogP) is 2.16. The number of benzene rings is 1. The third kappa shape index (κ3) is 3.36. The lowest BCUT2D eigenvalue weighted by molar-refractivity contribution is -0.131. The molecule has 1 rings (SSSR count). The number of esters is 2. The van der Waals surface area contributed by atoms with E-state index in [4.69, 9.17) is 4.74 Å². The normalized spacial score (nSPS) is 9.53. The molecular weight excluding hydrogens is 264 g/mol. The van der Waals surface area contributed by atoms with Gasteiger partial charge in [0.05, 0.1) is 12.7 Å². The molecule has 1 aromatic carbocycles. The molecule has 4 nitrogen and oxygen atoms in total. The van der Waals surface area contributed by atoms with Gasteiger partial charge >= 0.3 is 11.9 Å². The monoisotopic (exact) mass is 272 g/mol. The Morgan fingerprint density at radius 3 is 2.47 bits per heavy atom. The first kappa shape index (κ1) is 11.7. The van der Waals surface area contributed by atoms with Crippen molar-refractivity contribution in [3.8, 4) is 5.75 Å². The van der Waals surface area contributed by atoms with E-state index in [1.54, 1.807) is 12.1 Å². The summed E-state index contributed by atoms with van der Waals surface area (Å²) in [4.78, 5) is 21.9. The largest absolute Gasteiger partial charge is 0.465 e. The van der Waals surface area contributed by atoms with Crippen LogP contribution in [0.2, 0.25) is 0 Å². The van der Waals surface area contributed by atoms with Gasteiger partial charge in [0.15, 0.2) is 0 Å². The van der Waals surface area contributed by atoms with Crippen molar-refractivity contribution in [2.45, 2.75) is 6.92 Å². The van der Waals surface area contributed by atoms with Gasteiger partial charge in [-0.15, -0.1) is 0 Å². The van der Waals surface area contributed by atoms with Gasteiger partial charge in [-0.2, -0.15) is 0 Å². The highest BCUT2D eigenvalue weighted by Gasteiger charge is 2.09. The van der Waals surface area contributed by atoms with Crippen LogP contribution in [0.25, 0.3) is 0 Å². The summed E-state index contributed by atoms with van der Waals surface area (Å²) in [5.74, 6) is -0.620. The SMILES string of the molecule is COC(=O)c1cc(Br)cc(OC(C)=O)c1. The zero-order valence-corrected chi connectivity index (χ0v) is 9.83. The summed E-state index contributed by atoms with van der Waals surface area (Å²) in [6.07, 6.45) is 0. The number of carbonyl (C=O) groups is 2. The molecule has 0 saturated carbocycles. The third-order valence-corrected chi connectivity index (χ3v) is 2.01. The first-order valence-corrected chi connectivity index (χ1v) is 4.89. The molecule has 0 N–H and O–H groups in total. The van der Waals surface area contributed by atoms with Gasteiger partial charge in [-0.25, -0.2) is 4.79 Å². The molecule has 0 saturated heterocycles. The third-order valence-electron chi connectivity index (χ3n) is 1.55. The molecule has 0 unspecified atom stereocenters. The molecular formula is C10H9BrO4. The van der Waals surface area contributed by atoms with Crippen molar-refractivity contribution in [1.29, 1.82) is 0 Å². The van der Waals surface area contributed by atoms with Crippen LogP contribution in [0, 0.1) is 0 Å². The number of carbonyl (C=O) groups excluding carboxylic acids is 2. The molecule has 0 amide bonds. The van der Waals surface area contributed by atoms with E-state index in [1.807, 2.05) is 0 Å². The van der Waals surface area contributed by atoms with Crippen LogP contribution in [0.4, 0.5) is 0 Å². The molecule has 0 aromatic heterocycles. The maximum absolute atomic E-state index is 11.2. The molecule has 5 heteroatoms.